The van der Waals surface area contributed by atoms with E-state index >= 15 is 0 Å². The van der Waals surface area contributed by atoms with Gasteiger partial charge in [-0.25, -0.2) is 0 Å². The van der Waals surface area contributed by atoms with Crippen molar-refractivity contribution < 1.29 is 27.4 Å². The van der Waals surface area contributed by atoms with Crippen LogP contribution < -0.4 is 10.1 Å². The van der Waals surface area contributed by atoms with Crippen LogP contribution in [0.2, 0.25) is 0 Å². The molecule has 1 aromatic carbocycles. The van der Waals surface area contributed by atoms with Crippen LogP contribution in [0, 0.1) is 5.92 Å². The Labute approximate surface area is 139 Å². The SMILES string of the molecule is CCOc1ccc(NC(=O)[C@](C)(OCC)C2CC2)cc1C(F)(F)F. The van der Waals surface area contributed by atoms with Crippen molar-refractivity contribution in [2.24, 2.45) is 5.92 Å². The van der Waals surface area contributed by atoms with Crippen LogP contribution in [-0.2, 0) is 15.7 Å². The monoisotopic (exact) mass is 345 g/mol. The van der Waals surface area contributed by atoms with Gasteiger partial charge >= 0.3 is 6.18 Å². The molecule has 24 heavy (non-hydrogen) atoms. The van der Waals surface area contributed by atoms with E-state index in [1.807, 2.05) is 0 Å². The van der Waals surface area contributed by atoms with Gasteiger partial charge in [-0.05, 0) is 57.7 Å². The molecule has 1 aliphatic rings. The molecule has 1 amide bonds. The third-order valence-corrected chi connectivity index (χ3v) is 4.09. The van der Waals surface area contributed by atoms with Gasteiger partial charge in [0.2, 0.25) is 0 Å². The molecule has 0 heterocycles. The van der Waals surface area contributed by atoms with E-state index in [-0.39, 0.29) is 24.0 Å². The van der Waals surface area contributed by atoms with Crippen molar-refractivity contribution in [1.29, 1.82) is 0 Å². The van der Waals surface area contributed by atoms with Crippen LogP contribution in [-0.4, -0.2) is 24.7 Å². The number of ether oxygens (including phenoxy) is 2. The highest BCUT2D eigenvalue weighted by atomic mass is 19.4. The summed E-state index contributed by atoms with van der Waals surface area (Å²) in [6, 6.07) is 3.51. The molecule has 1 saturated carbocycles. The lowest BCUT2D eigenvalue weighted by atomic mass is 9.98. The minimum atomic E-state index is -4.56. The first-order valence-corrected chi connectivity index (χ1v) is 8.01. The van der Waals surface area contributed by atoms with Crippen LogP contribution in [0.15, 0.2) is 18.2 Å². The Kier molecular flexibility index (Phi) is 5.42. The Bertz CT molecular complexity index is 599. The van der Waals surface area contributed by atoms with Crippen molar-refractivity contribution in [2.75, 3.05) is 18.5 Å². The van der Waals surface area contributed by atoms with Crippen molar-refractivity contribution in [3.8, 4) is 5.75 Å². The summed E-state index contributed by atoms with van der Waals surface area (Å²) < 4.78 is 50.1. The average Bonchev–Trinajstić information content (AvgIpc) is 3.33. The zero-order valence-corrected chi connectivity index (χ0v) is 14.0. The Morgan fingerprint density at radius 3 is 2.42 bits per heavy atom. The van der Waals surface area contributed by atoms with E-state index in [1.54, 1.807) is 20.8 Å². The number of carbonyl (C=O) groups is 1. The first-order valence-electron chi connectivity index (χ1n) is 8.01. The standard InChI is InChI=1S/C17H22F3NO3/c1-4-23-14-9-8-12(10-13(14)17(18,19)20)21-15(22)16(3,24-5-2)11-6-7-11/h8-11H,4-7H2,1-3H3,(H,21,22)/t16-/m1/s1. The predicted octanol–water partition coefficient (Wildman–Crippen LogP) is 4.25. The first kappa shape index (κ1) is 18.6. The lowest BCUT2D eigenvalue weighted by molar-refractivity contribution is -0.142. The van der Waals surface area contributed by atoms with Crippen LogP contribution in [0.5, 0.6) is 5.75 Å². The van der Waals surface area contributed by atoms with Crippen molar-refractivity contribution in [3.05, 3.63) is 23.8 Å². The number of hydrogen-bond acceptors (Lipinski definition) is 3. The molecule has 1 N–H and O–H groups in total. The van der Waals surface area contributed by atoms with Gasteiger partial charge in [0.05, 0.1) is 12.2 Å². The zero-order valence-electron chi connectivity index (χ0n) is 14.0. The number of halogens is 3. The normalized spacial score (nSPS) is 17.2. The molecule has 1 atom stereocenters. The van der Waals surface area contributed by atoms with Gasteiger partial charge in [0, 0.05) is 12.3 Å². The molecular weight excluding hydrogens is 323 g/mol. The summed E-state index contributed by atoms with van der Waals surface area (Å²) in [5.74, 6) is -0.580. The second kappa shape index (κ2) is 7.01. The smallest absolute Gasteiger partial charge is 0.420 e. The van der Waals surface area contributed by atoms with E-state index in [0.717, 1.165) is 18.9 Å². The van der Waals surface area contributed by atoms with Crippen LogP contribution in [0.4, 0.5) is 18.9 Å². The highest BCUT2D eigenvalue weighted by Crippen LogP contribution is 2.43. The molecule has 134 valence electrons. The fourth-order valence-corrected chi connectivity index (χ4v) is 2.67. The van der Waals surface area contributed by atoms with E-state index in [4.69, 9.17) is 9.47 Å². The summed E-state index contributed by atoms with van der Waals surface area (Å²) in [5.41, 5.74) is -1.86. The Morgan fingerprint density at radius 1 is 1.25 bits per heavy atom. The predicted molar refractivity (Wildman–Crippen MR) is 84.0 cm³/mol. The van der Waals surface area contributed by atoms with Gasteiger partial charge in [0.25, 0.3) is 5.91 Å². The summed E-state index contributed by atoms with van der Waals surface area (Å²) >= 11 is 0. The average molecular weight is 345 g/mol. The maximum Gasteiger partial charge on any atom is 0.420 e. The van der Waals surface area contributed by atoms with Crippen LogP contribution in [0.3, 0.4) is 0 Å². The second-order valence-electron chi connectivity index (χ2n) is 5.91. The Morgan fingerprint density at radius 2 is 1.92 bits per heavy atom. The van der Waals surface area contributed by atoms with E-state index in [2.05, 4.69) is 5.32 Å². The summed E-state index contributed by atoms with van der Waals surface area (Å²) in [6.45, 7) is 5.56. The molecule has 7 heteroatoms. The van der Waals surface area contributed by atoms with Gasteiger partial charge < -0.3 is 14.8 Å². The second-order valence-corrected chi connectivity index (χ2v) is 5.91. The summed E-state index contributed by atoms with van der Waals surface area (Å²) in [4.78, 5) is 12.5. The van der Waals surface area contributed by atoms with Crippen molar-refractivity contribution in [1.82, 2.24) is 0 Å². The minimum absolute atomic E-state index is 0.0716. The Balaban J connectivity index is 2.24. The Hall–Kier alpha value is -1.76. The van der Waals surface area contributed by atoms with Crippen LogP contribution >= 0.6 is 0 Å². The van der Waals surface area contributed by atoms with Crippen LogP contribution in [0.1, 0.15) is 39.2 Å². The van der Waals surface area contributed by atoms with E-state index in [1.165, 1.54) is 12.1 Å². The number of amides is 1. The van der Waals surface area contributed by atoms with E-state index in [0.29, 0.717) is 6.61 Å². The molecule has 0 aromatic heterocycles. The van der Waals surface area contributed by atoms with E-state index < -0.39 is 23.2 Å². The van der Waals surface area contributed by atoms with E-state index in [9.17, 15) is 18.0 Å². The fourth-order valence-electron chi connectivity index (χ4n) is 2.67. The molecule has 4 nitrogen and oxygen atoms in total. The molecule has 1 aliphatic carbocycles. The summed E-state index contributed by atoms with van der Waals surface area (Å²) in [6.07, 6.45) is -2.81. The van der Waals surface area contributed by atoms with Crippen molar-refractivity contribution >= 4 is 11.6 Å². The largest absolute Gasteiger partial charge is 0.493 e. The van der Waals surface area contributed by atoms with Crippen molar-refractivity contribution in [2.45, 2.75) is 45.4 Å². The lowest BCUT2D eigenvalue weighted by Crippen LogP contribution is -2.44. The number of carbonyl (C=O) groups excluding carboxylic acids is 1. The van der Waals surface area contributed by atoms with Gasteiger partial charge in [-0.2, -0.15) is 13.2 Å². The molecule has 0 aliphatic heterocycles. The number of hydrogen-bond donors (Lipinski definition) is 1. The van der Waals surface area contributed by atoms with Crippen LogP contribution in [0.25, 0.3) is 0 Å². The van der Waals surface area contributed by atoms with Gasteiger partial charge in [0.1, 0.15) is 11.4 Å². The molecule has 0 radical (unpaired) electrons. The number of benzene rings is 1. The number of anilines is 1. The molecule has 1 aromatic rings. The molecule has 0 spiro atoms. The quantitative estimate of drug-likeness (QED) is 0.804. The number of nitrogens with one attached hydrogen (secondary N) is 1. The fraction of sp³-hybridized carbons (Fsp3) is 0.588. The third kappa shape index (κ3) is 4.01. The maximum atomic E-state index is 13.2. The van der Waals surface area contributed by atoms with Gasteiger partial charge in [-0.3, -0.25) is 4.79 Å². The highest BCUT2D eigenvalue weighted by Gasteiger charge is 2.48. The highest BCUT2D eigenvalue weighted by molar-refractivity contribution is 5.97. The van der Waals surface area contributed by atoms with Gasteiger partial charge in [0.15, 0.2) is 0 Å². The lowest BCUT2D eigenvalue weighted by Gasteiger charge is -2.28. The first-order chi connectivity index (χ1) is 11.2. The minimum Gasteiger partial charge on any atom is -0.493 e. The summed E-state index contributed by atoms with van der Waals surface area (Å²) in [7, 11) is 0. The van der Waals surface area contributed by atoms with Crippen molar-refractivity contribution in [3.63, 3.8) is 0 Å². The molecule has 2 rings (SSSR count). The zero-order chi connectivity index (χ0) is 18.0. The third-order valence-electron chi connectivity index (χ3n) is 4.09. The van der Waals surface area contributed by atoms with Gasteiger partial charge in [-0.1, -0.05) is 0 Å². The molecule has 0 bridgehead atoms. The molecule has 1 fully saturated rings. The summed E-state index contributed by atoms with van der Waals surface area (Å²) in [5, 5.41) is 2.55. The van der Waals surface area contributed by atoms with Gasteiger partial charge in [-0.15, -0.1) is 0 Å². The molecule has 0 unspecified atom stereocenters. The number of alkyl halides is 3. The molecular formula is C17H22F3NO3. The number of rotatable bonds is 7. The topological polar surface area (TPSA) is 47.6 Å². The molecule has 0 saturated heterocycles. The maximum absolute atomic E-state index is 13.2.